The normalized spacial score (nSPS) is 15.6. The molecule has 0 radical (unpaired) electrons. The van der Waals surface area contributed by atoms with Crippen molar-refractivity contribution in [3.8, 4) is 5.75 Å². The highest BCUT2D eigenvalue weighted by atomic mass is 16.5. The second-order valence-corrected chi connectivity index (χ2v) is 9.90. The first-order valence-electron chi connectivity index (χ1n) is 12.9. The molecular weight excluding hydrogens is 512 g/mol. The van der Waals surface area contributed by atoms with Crippen LogP contribution in [0.2, 0.25) is 0 Å². The minimum Gasteiger partial charge on any atom is -0.482 e. The van der Waals surface area contributed by atoms with Crippen molar-refractivity contribution in [3.05, 3.63) is 87.9 Å². The molecule has 0 bridgehead atoms. The molecule has 3 amide bonds. The number of hydrogen-bond acceptors (Lipinski definition) is 7. The van der Waals surface area contributed by atoms with Crippen LogP contribution in [0.15, 0.2) is 48.7 Å². The average Bonchev–Trinajstić information content (AvgIpc) is 3.58. The highest BCUT2D eigenvalue weighted by Crippen LogP contribution is 2.35. The van der Waals surface area contributed by atoms with Gasteiger partial charge in [0.2, 0.25) is 0 Å². The Balaban J connectivity index is 1.21. The second-order valence-electron chi connectivity index (χ2n) is 9.90. The highest BCUT2D eigenvalue weighted by Gasteiger charge is 2.28. The van der Waals surface area contributed by atoms with Crippen LogP contribution in [0.4, 0.5) is 5.69 Å². The van der Waals surface area contributed by atoms with Crippen LogP contribution in [0.1, 0.15) is 73.0 Å². The van der Waals surface area contributed by atoms with Crippen molar-refractivity contribution in [2.24, 2.45) is 0 Å². The van der Waals surface area contributed by atoms with Crippen molar-refractivity contribution in [1.29, 1.82) is 0 Å². The molecule has 0 saturated carbocycles. The summed E-state index contributed by atoms with van der Waals surface area (Å²) in [6.07, 6.45) is 2.98. The average molecular weight is 539 g/mol. The van der Waals surface area contributed by atoms with Gasteiger partial charge in [0, 0.05) is 24.2 Å². The number of aromatic nitrogens is 3. The summed E-state index contributed by atoms with van der Waals surface area (Å²) in [7, 11) is 0. The van der Waals surface area contributed by atoms with Crippen LogP contribution in [0.5, 0.6) is 5.75 Å². The van der Waals surface area contributed by atoms with E-state index < -0.39 is 5.91 Å². The number of anilines is 1. The molecule has 6 rings (SSSR count). The van der Waals surface area contributed by atoms with Gasteiger partial charge in [0.1, 0.15) is 17.1 Å². The highest BCUT2D eigenvalue weighted by molar-refractivity contribution is 5.99. The van der Waals surface area contributed by atoms with Gasteiger partial charge in [-0.25, -0.2) is 9.50 Å². The summed E-state index contributed by atoms with van der Waals surface area (Å²) in [6.45, 7) is 3.64. The van der Waals surface area contributed by atoms with Crippen molar-refractivity contribution in [2.75, 3.05) is 11.9 Å². The van der Waals surface area contributed by atoms with E-state index in [1.807, 2.05) is 19.1 Å². The van der Waals surface area contributed by atoms with Gasteiger partial charge >= 0.3 is 0 Å². The first-order chi connectivity index (χ1) is 19.3. The molecule has 1 atom stereocenters. The Morgan fingerprint density at radius 1 is 1.12 bits per heavy atom. The third-order valence-corrected chi connectivity index (χ3v) is 7.33. The zero-order chi connectivity index (χ0) is 28.0. The lowest BCUT2D eigenvalue weighted by Crippen LogP contribution is -2.30. The van der Waals surface area contributed by atoms with Gasteiger partial charge in [-0.1, -0.05) is 18.2 Å². The quantitative estimate of drug-likeness (QED) is 0.320. The predicted octanol–water partition coefficient (Wildman–Crippen LogP) is 2.92. The van der Waals surface area contributed by atoms with Crippen LogP contribution in [-0.4, -0.2) is 44.7 Å². The lowest BCUT2D eigenvalue weighted by atomic mass is 9.96. The minimum absolute atomic E-state index is 0.0175. The first-order valence-corrected chi connectivity index (χ1v) is 12.9. The Morgan fingerprint density at radius 2 is 1.98 bits per heavy atom. The monoisotopic (exact) mass is 538 g/mol. The van der Waals surface area contributed by atoms with Gasteiger partial charge < -0.3 is 20.7 Å². The van der Waals surface area contributed by atoms with E-state index in [9.17, 15) is 19.2 Å². The van der Waals surface area contributed by atoms with Gasteiger partial charge in [-0.05, 0) is 61.1 Å². The zero-order valence-corrected chi connectivity index (χ0v) is 21.9. The lowest BCUT2D eigenvalue weighted by molar-refractivity contribution is -0.118. The van der Waals surface area contributed by atoms with E-state index >= 15 is 0 Å². The van der Waals surface area contributed by atoms with E-state index in [0.29, 0.717) is 29.1 Å². The topological polar surface area (TPSA) is 144 Å². The number of carbonyl (C=O) groups is 4. The van der Waals surface area contributed by atoms with E-state index in [1.165, 1.54) is 16.8 Å². The van der Waals surface area contributed by atoms with Crippen LogP contribution in [0.25, 0.3) is 5.65 Å². The third kappa shape index (κ3) is 4.55. The first kappa shape index (κ1) is 25.2. The fraction of sp³-hybridized carbons (Fsp3) is 0.241. The van der Waals surface area contributed by atoms with Crippen molar-refractivity contribution < 1.29 is 23.9 Å². The number of nitrogens with zero attached hydrogens (tertiary/aromatic N) is 3. The second kappa shape index (κ2) is 9.92. The molecule has 40 heavy (non-hydrogen) atoms. The van der Waals surface area contributed by atoms with E-state index in [2.05, 4.69) is 26.0 Å². The Kier molecular flexibility index (Phi) is 6.25. The lowest BCUT2D eigenvalue weighted by Gasteiger charge is -2.18. The number of amides is 3. The van der Waals surface area contributed by atoms with Gasteiger partial charge in [-0.15, -0.1) is 0 Å². The van der Waals surface area contributed by atoms with Gasteiger partial charge in [-0.3, -0.25) is 19.2 Å². The fourth-order valence-corrected chi connectivity index (χ4v) is 5.35. The van der Waals surface area contributed by atoms with E-state index in [1.54, 1.807) is 31.2 Å². The number of fused-ring (bicyclic) bond motifs is 3. The van der Waals surface area contributed by atoms with Crippen molar-refractivity contribution >= 4 is 34.8 Å². The molecule has 0 unspecified atom stereocenters. The maximum atomic E-state index is 13.5. The van der Waals surface area contributed by atoms with Crippen LogP contribution < -0.4 is 20.7 Å². The number of benzene rings is 2. The van der Waals surface area contributed by atoms with E-state index in [0.717, 1.165) is 28.7 Å². The molecule has 11 heteroatoms. The summed E-state index contributed by atoms with van der Waals surface area (Å²) in [5.74, 6) is -0.507. The molecule has 11 nitrogen and oxygen atoms in total. The maximum Gasteiger partial charge on any atom is 0.270 e. The van der Waals surface area contributed by atoms with Gasteiger partial charge in [0.05, 0.1) is 17.9 Å². The van der Waals surface area contributed by atoms with Crippen molar-refractivity contribution in [3.63, 3.8) is 0 Å². The van der Waals surface area contributed by atoms with E-state index in [4.69, 9.17) is 4.74 Å². The molecule has 202 valence electrons. The molecule has 2 aliphatic rings. The Labute approximate surface area is 228 Å². The molecule has 0 saturated heterocycles. The number of nitrogens with one attached hydrogen (secondary N) is 3. The van der Waals surface area contributed by atoms with E-state index in [-0.39, 0.29) is 48.2 Å². The Bertz CT molecular complexity index is 1730. The molecule has 0 spiro atoms. The summed E-state index contributed by atoms with van der Waals surface area (Å²) < 4.78 is 6.77. The SMILES string of the molecule is CC(=O)c1ccc2c(c1C)CC[C@@H]2NC(=O)c1cc(C(=O)NCc2ccc3c(c2)NC(=O)CO3)nc2ccnn12. The molecule has 4 aromatic rings. The summed E-state index contributed by atoms with van der Waals surface area (Å²) >= 11 is 0. The summed E-state index contributed by atoms with van der Waals surface area (Å²) in [6, 6.07) is 11.8. The largest absolute Gasteiger partial charge is 0.482 e. The maximum absolute atomic E-state index is 13.5. The fourth-order valence-electron chi connectivity index (χ4n) is 5.35. The molecule has 1 aliphatic carbocycles. The van der Waals surface area contributed by atoms with Crippen molar-refractivity contribution in [2.45, 2.75) is 39.3 Å². The smallest absolute Gasteiger partial charge is 0.270 e. The summed E-state index contributed by atoms with van der Waals surface area (Å²) in [5, 5.41) is 12.9. The molecule has 3 N–H and O–H groups in total. The molecule has 2 aromatic carbocycles. The van der Waals surface area contributed by atoms with Gasteiger partial charge in [-0.2, -0.15) is 5.10 Å². The molecule has 1 aliphatic heterocycles. The summed E-state index contributed by atoms with van der Waals surface area (Å²) in [5.41, 5.74) is 5.64. The van der Waals surface area contributed by atoms with Crippen molar-refractivity contribution in [1.82, 2.24) is 25.2 Å². The Hall–Kier alpha value is -5.06. The number of hydrogen-bond donors (Lipinski definition) is 3. The molecule has 3 heterocycles. The van der Waals surface area contributed by atoms with Gasteiger partial charge in [0.15, 0.2) is 18.0 Å². The number of ether oxygens (including phenoxy) is 1. The summed E-state index contributed by atoms with van der Waals surface area (Å²) in [4.78, 5) is 54.5. The number of rotatable bonds is 6. The Morgan fingerprint density at radius 3 is 2.80 bits per heavy atom. The van der Waals surface area contributed by atoms with Crippen LogP contribution in [0, 0.1) is 6.92 Å². The molecule has 2 aromatic heterocycles. The number of Topliss-reactive ketones (excluding diaryl/α,β-unsaturated/α-hetero) is 1. The number of carbonyl (C=O) groups excluding carboxylic acids is 4. The molecule has 0 fully saturated rings. The third-order valence-electron chi connectivity index (χ3n) is 7.33. The van der Waals surface area contributed by atoms with Crippen LogP contribution >= 0.6 is 0 Å². The zero-order valence-electron chi connectivity index (χ0n) is 21.9. The molecular formula is C29H26N6O5. The number of ketones is 1. The van der Waals surface area contributed by atoms with Crippen LogP contribution in [-0.2, 0) is 17.8 Å². The standard InChI is InChI=1S/C29H26N6O5/c1-15-18(16(2)36)4-5-20-19(15)6-7-21(20)34-29(39)24-12-23(32-26-9-10-31-35(24)26)28(38)30-13-17-3-8-25-22(11-17)33-27(37)14-40-25/h3-5,8-12,21H,6-7,13-14H2,1-2H3,(H,30,38)(H,33,37)(H,34,39)/t21-/m0/s1. The van der Waals surface area contributed by atoms with Gasteiger partial charge in [0.25, 0.3) is 17.7 Å². The predicted molar refractivity (Wildman–Crippen MR) is 144 cm³/mol. The van der Waals surface area contributed by atoms with Crippen LogP contribution in [0.3, 0.4) is 0 Å². The minimum atomic E-state index is -0.464.